The number of furan rings is 1. The molecule has 72 valence electrons. The van der Waals surface area contributed by atoms with Gasteiger partial charge in [-0.1, -0.05) is 6.07 Å². The molecule has 0 spiro atoms. The molecule has 0 N–H and O–H groups in total. The predicted octanol–water partition coefficient (Wildman–Crippen LogP) is 3.25. The molecule has 1 aromatic carbocycles. The van der Waals surface area contributed by atoms with Gasteiger partial charge in [-0.15, -0.1) is 0 Å². The van der Waals surface area contributed by atoms with Crippen molar-refractivity contribution in [3.8, 4) is 0 Å². The highest BCUT2D eigenvalue weighted by molar-refractivity contribution is 5.96. The molecule has 0 amide bonds. The van der Waals surface area contributed by atoms with Gasteiger partial charge in [0, 0.05) is 12.3 Å². The summed E-state index contributed by atoms with van der Waals surface area (Å²) in [4.78, 5) is 11.1. The molecule has 14 heavy (non-hydrogen) atoms. The van der Waals surface area contributed by atoms with Crippen molar-refractivity contribution < 1.29 is 9.21 Å². The van der Waals surface area contributed by atoms with E-state index in [1.165, 1.54) is 6.92 Å². The van der Waals surface area contributed by atoms with Crippen LogP contribution in [0.5, 0.6) is 0 Å². The Kier molecular flexibility index (Phi) is 1.92. The number of hydrogen-bond acceptors (Lipinski definition) is 2. The Morgan fingerprint density at radius 2 is 1.93 bits per heavy atom. The average Bonchev–Trinajstić information content (AvgIpc) is 2.47. The van der Waals surface area contributed by atoms with Gasteiger partial charge >= 0.3 is 0 Å². The van der Waals surface area contributed by atoms with Crippen molar-refractivity contribution in [3.05, 3.63) is 35.1 Å². The number of rotatable bonds is 1. The zero-order chi connectivity index (χ0) is 10.3. The maximum absolute atomic E-state index is 11.1. The number of ketones is 1. The molecular formula is C12H12O2. The molecule has 2 rings (SSSR count). The molecule has 0 unspecified atom stereocenters. The highest BCUT2D eigenvalue weighted by Crippen LogP contribution is 2.24. The van der Waals surface area contributed by atoms with Crippen LogP contribution in [-0.2, 0) is 0 Å². The summed E-state index contributed by atoms with van der Waals surface area (Å²) in [6.07, 6.45) is 0. The minimum Gasteiger partial charge on any atom is -0.453 e. The number of aryl methyl sites for hydroxylation is 2. The fourth-order valence-corrected chi connectivity index (χ4v) is 1.66. The summed E-state index contributed by atoms with van der Waals surface area (Å²) >= 11 is 0. The van der Waals surface area contributed by atoms with Gasteiger partial charge in [-0.3, -0.25) is 4.79 Å². The van der Waals surface area contributed by atoms with Crippen LogP contribution < -0.4 is 0 Å². The average molecular weight is 188 g/mol. The maximum Gasteiger partial charge on any atom is 0.194 e. The highest BCUT2D eigenvalue weighted by Gasteiger charge is 2.09. The first kappa shape index (κ1) is 9.00. The first-order valence-electron chi connectivity index (χ1n) is 4.59. The quantitative estimate of drug-likeness (QED) is 0.643. The lowest BCUT2D eigenvalue weighted by molar-refractivity contribution is 0.0989. The maximum atomic E-state index is 11.1. The van der Waals surface area contributed by atoms with Crippen molar-refractivity contribution in [2.45, 2.75) is 20.8 Å². The normalized spacial score (nSPS) is 10.8. The Bertz CT molecular complexity index is 506. The minimum absolute atomic E-state index is 0.0294. The largest absolute Gasteiger partial charge is 0.453 e. The van der Waals surface area contributed by atoms with E-state index in [4.69, 9.17) is 4.42 Å². The number of carbonyl (C=O) groups excluding carboxylic acids is 1. The molecule has 2 nitrogen and oxygen atoms in total. The molecular weight excluding hydrogens is 176 g/mol. The second kappa shape index (κ2) is 2.98. The van der Waals surface area contributed by atoms with E-state index in [-0.39, 0.29) is 5.78 Å². The number of benzene rings is 1. The Balaban J connectivity index is 2.76. The molecule has 2 aromatic rings. The fourth-order valence-electron chi connectivity index (χ4n) is 1.66. The van der Waals surface area contributed by atoms with Crippen LogP contribution in [0.2, 0.25) is 0 Å². The molecule has 0 radical (unpaired) electrons. The zero-order valence-corrected chi connectivity index (χ0v) is 8.55. The minimum atomic E-state index is -0.0294. The molecule has 0 saturated carbocycles. The molecule has 0 saturated heterocycles. The van der Waals surface area contributed by atoms with E-state index in [9.17, 15) is 4.79 Å². The van der Waals surface area contributed by atoms with Gasteiger partial charge in [-0.2, -0.15) is 0 Å². The summed E-state index contributed by atoms with van der Waals surface area (Å²) in [6.45, 7) is 5.55. The summed E-state index contributed by atoms with van der Waals surface area (Å²) in [6, 6.07) is 5.85. The third kappa shape index (κ3) is 1.33. The van der Waals surface area contributed by atoms with Crippen LogP contribution in [0.3, 0.4) is 0 Å². The molecule has 1 aromatic heterocycles. The predicted molar refractivity (Wildman–Crippen MR) is 55.7 cm³/mol. The van der Waals surface area contributed by atoms with Crippen LogP contribution in [0.15, 0.2) is 22.6 Å². The van der Waals surface area contributed by atoms with Crippen molar-refractivity contribution >= 4 is 16.8 Å². The van der Waals surface area contributed by atoms with Crippen LogP contribution in [0, 0.1) is 13.8 Å². The van der Waals surface area contributed by atoms with E-state index >= 15 is 0 Å². The van der Waals surface area contributed by atoms with Crippen molar-refractivity contribution in [1.29, 1.82) is 0 Å². The second-order valence-electron chi connectivity index (χ2n) is 3.66. The molecule has 0 aliphatic carbocycles. The van der Waals surface area contributed by atoms with Crippen LogP contribution in [0.25, 0.3) is 11.0 Å². The molecule has 0 aliphatic rings. The summed E-state index contributed by atoms with van der Waals surface area (Å²) in [7, 11) is 0. The molecule has 0 bridgehead atoms. The van der Waals surface area contributed by atoms with E-state index in [1.54, 1.807) is 0 Å². The van der Waals surface area contributed by atoms with Gasteiger partial charge in [0.2, 0.25) is 0 Å². The van der Waals surface area contributed by atoms with Gasteiger partial charge in [-0.25, -0.2) is 0 Å². The lowest BCUT2D eigenvalue weighted by Crippen LogP contribution is -1.85. The standard InChI is InChI=1S/C12H12O2/c1-7-4-8(2)10-6-11(9(3)13)14-12(10)5-7/h4-6H,1-3H3. The third-order valence-electron chi connectivity index (χ3n) is 2.34. The first-order chi connectivity index (χ1) is 6.58. The van der Waals surface area contributed by atoms with E-state index in [0.29, 0.717) is 5.76 Å². The van der Waals surface area contributed by atoms with E-state index in [2.05, 4.69) is 6.07 Å². The van der Waals surface area contributed by atoms with Crippen LogP contribution in [0.4, 0.5) is 0 Å². The number of hydrogen-bond donors (Lipinski definition) is 0. The molecule has 0 aliphatic heterocycles. The van der Waals surface area contributed by atoms with E-state index in [0.717, 1.165) is 22.1 Å². The Morgan fingerprint density at radius 1 is 1.21 bits per heavy atom. The van der Waals surface area contributed by atoms with Gasteiger partial charge in [0.1, 0.15) is 5.58 Å². The summed E-state index contributed by atoms with van der Waals surface area (Å²) in [5.41, 5.74) is 3.10. The molecule has 0 atom stereocenters. The Morgan fingerprint density at radius 3 is 2.57 bits per heavy atom. The van der Waals surface area contributed by atoms with Crippen LogP contribution >= 0.6 is 0 Å². The molecule has 1 heterocycles. The number of fused-ring (bicyclic) bond motifs is 1. The number of carbonyl (C=O) groups is 1. The van der Waals surface area contributed by atoms with Crippen molar-refractivity contribution in [3.63, 3.8) is 0 Å². The lowest BCUT2D eigenvalue weighted by Gasteiger charge is -1.96. The summed E-state index contributed by atoms with van der Waals surface area (Å²) < 4.78 is 5.44. The molecule has 2 heteroatoms. The second-order valence-corrected chi connectivity index (χ2v) is 3.66. The summed E-state index contributed by atoms with van der Waals surface area (Å²) in [5, 5.41) is 1.03. The van der Waals surface area contributed by atoms with Gasteiger partial charge in [-0.05, 0) is 37.1 Å². The summed E-state index contributed by atoms with van der Waals surface area (Å²) in [5.74, 6) is 0.409. The number of Topliss-reactive ketones (excluding diaryl/α,β-unsaturated/α-hetero) is 1. The lowest BCUT2D eigenvalue weighted by atomic mass is 10.1. The third-order valence-corrected chi connectivity index (χ3v) is 2.34. The van der Waals surface area contributed by atoms with Gasteiger partial charge < -0.3 is 4.42 Å². The van der Waals surface area contributed by atoms with Crippen molar-refractivity contribution in [2.75, 3.05) is 0 Å². The Hall–Kier alpha value is -1.57. The van der Waals surface area contributed by atoms with E-state index < -0.39 is 0 Å². The highest BCUT2D eigenvalue weighted by atomic mass is 16.3. The van der Waals surface area contributed by atoms with Crippen LogP contribution in [0.1, 0.15) is 28.6 Å². The van der Waals surface area contributed by atoms with Gasteiger partial charge in [0.05, 0.1) is 0 Å². The monoisotopic (exact) mass is 188 g/mol. The Labute approximate surface area is 82.5 Å². The molecule has 0 fully saturated rings. The zero-order valence-electron chi connectivity index (χ0n) is 8.55. The fraction of sp³-hybridized carbons (Fsp3) is 0.250. The van der Waals surface area contributed by atoms with Crippen molar-refractivity contribution in [1.82, 2.24) is 0 Å². The smallest absolute Gasteiger partial charge is 0.194 e. The van der Waals surface area contributed by atoms with Gasteiger partial charge in [0.15, 0.2) is 11.5 Å². The van der Waals surface area contributed by atoms with Crippen molar-refractivity contribution in [2.24, 2.45) is 0 Å². The first-order valence-corrected chi connectivity index (χ1v) is 4.59. The SMILES string of the molecule is CC(=O)c1cc2c(C)cc(C)cc2o1. The topological polar surface area (TPSA) is 30.2 Å². The van der Waals surface area contributed by atoms with Crippen LogP contribution in [-0.4, -0.2) is 5.78 Å². The van der Waals surface area contributed by atoms with Gasteiger partial charge in [0.25, 0.3) is 0 Å². The van der Waals surface area contributed by atoms with E-state index in [1.807, 2.05) is 26.0 Å².